The van der Waals surface area contributed by atoms with Gasteiger partial charge in [-0.3, -0.25) is 4.79 Å². The van der Waals surface area contributed by atoms with Gasteiger partial charge in [0.05, 0.1) is 6.10 Å². The Labute approximate surface area is 88.7 Å². The second-order valence-corrected chi connectivity index (χ2v) is 3.74. The molecule has 0 spiro atoms. The monoisotopic (exact) mass is 206 g/mol. The maximum absolute atomic E-state index is 11.1. The summed E-state index contributed by atoms with van der Waals surface area (Å²) < 4.78 is 5.10. The van der Waals surface area contributed by atoms with Gasteiger partial charge in [0.15, 0.2) is 0 Å². The highest BCUT2D eigenvalue weighted by molar-refractivity contribution is 5.72. The van der Waals surface area contributed by atoms with Crippen LogP contribution in [0.1, 0.15) is 37.0 Å². The molecule has 15 heavy (non-hydrogen) atoms. The molecule has 1 aromatic rings. The minimum atomic E-state index is -0.351. The molecule has 0 aliphatic heterocycles. The standard InChI is InChI=1S/C12H14O3/c1-2-12(14)15-9-4-5-10-8(7-9)3-6-11(10)13/h4-5,7,11,13H,2-3,6H2,1H3. The molecule has 0 bridgehead atoms. The van der Waals surface area contributed by atoms with Crippen LogP contribution in [0.5, 0.6) is 5.75 Å². The summed E-state index contributed by atoms with van der Waals surface area (Å²) in [6, 6.07) is 5.42. The zero-order valence-electron chi connectivity index (χ0n) is 8.69. The van der Waals surface area contributed by atoms with Crippen molar-refractivity contribution in [3.05, 3.63) is 29.3 Å². The van der Waals surface area contributed by atoms with Gasteiger partial charge in [0, 0.05) is 6.42 Å². The van der Waals surface area contributed by atoms with Crippen molar-refractivity contribution < 1.29 is 14.6 Å². The van der Waals surface area contributed by atoms with Crippen LogP contribution >= 0.6 is 0 Å². The number of rotatable bonds is 2. The van der Waals surface area contributed by atoms with Crippen LogP contribution < -0.4 is 4.74 Å². The van der Waals surface area contributed by atoms with Gasteiger partial charge in [-0.15, -0.1) is 0 Å². The van der Waals surface area contributed by atoms with Gasteiger partial charge >= 0.3 is 5.97 Å². The Kier molecular flexibility index (Phi) is 2.73. The molecular weight excluding hydrogens is 192 g/mol. The lowest BCUT2D eigenvalue weighted by molar-refractivity contribution is -0.134. The number of carbonyl (C=O) groups excluding carboxylic acids is 1. The Balaban J connectivity index is 2.19. The fourth-order valence-corrected chi connectivity index (χ4v) is 1.84. The van der Waals surface area contributed by atoms with E-state index in [-0.39, 0.29) is 12.1 Å². The van der Waals surface area contributed by atoms with Gasteiger partial charge in [-0.1, -0.05) is 13.0 Å². The summed E-state index contributed by atoms with van der Waals surface area (Å²) in [6.45, 7) is 1.76. The van der Waals surface area contributed by atoms with Gasteiger partial charge in [0.2, 0.25) is 0 Å². The molecule has 80 valence electrons. The van der Waals surface area contributed by atoms with E-state index in [2.05, 4.69) is 0 Å². The Morgan fingerprint density at radius 1 is 1.60 bits per heavy atom. The first-order valence-corrected chi connectivity index (χ1v) is 5.22. The normalized spacial score (nSPS) is 18.7. The smallest absolute Gasteiger partial charge is 0.310 e. The van der Waals surface area contributed by atoms with E-state index in [0.29, 0.717) is 12.2 Å². The van der Waals surface area contributed by atoms with Gasteiger partial charge in [-0.05, 0) is 36.1 Å². The number of aryl methyl sites for hydroxylation is 1. The molecule has 0 saturated carbocycles. The van der Waals surface area contributed by atoms with E-state index >= 15 is 0 Å². The molecule has 3 heteroatoms. The van der Waals surface area contributed by atoms with Crippen LogP contribution in [0.3, 0.4) is 0 Å². The quantitative estimate of drug-likeness (QED) is 0.594. The average molecular weight is 206 g/mol. The minimum absolute atomic E-state index is 0.228. The molecule has 3 nitrogen and oxygen atoms in total. The fraction of sp³-hybridized carbons (Fsp3) is 0.417. The van der Waals surface area contributed by atoms with Crippen molar-refractivity contribution in [1.29, 1.82) is 0 Å². The van der Waals surface area contributed by atoms with Crippen molar-refractivity contribution in [2.45, 2.75) is 32.3 Å². The van der Waals surface area contributed by atoms with Gasteiger partial charge in [-0.2, -0.15) is 0 Å². The molecule has 1 aromatic carbocycles. The zero-order chi connectivity index (χ0) is 10.8. The number of aliphatic hydroxyl groups is 1. The third-order valence-corrected chi connectivity index (χ3v) is 2.68. The predicted molar refractivity (Wildman–Crippen MR) is 55.6 cm³/mol. The van der Waals surface area contributed by atoms with E-state index in [9.17, 15) is 9.90 Å². The van der Waals surface area contributed by atoms with Gasteiger partial charge in [-0.25, -0.2) is 0 Å². The van der Waals surface area contributed by atoms with Crippen molar-refractivity contribution in [2.24, 2.45) is 0 Å². The van der Waals surface area contributed by atoms with Crippen LogP contribution in [0.2, 0.25) is 0 Å². The Bertz CT molecular complexity index is 384. The van der Waals surface area contributed by atoms with E-state index in [4.69, 9.17) is 4.74 Å². The molecule has 1 aliphatic carbocycles. The first-order chi connectivity index (χ1) is 7.20. The molecule has 1 aliphatic rings. The molecule has 0 saturated heterocycles. The lowest BCUT2D eigenvalue weighted by Gasteiger charge is -2.06. The van der Waals surface area contributed by atoms with Gasteiger partial charge in [0.1, 0.15) is 5.75 Å². The van der Waals surface area contributed by atoms with Crippen molar-refractivity contribution in [1.82, 2.24) is 0 Å². The molecule has 0 radical (unpaired) electrons. The zero-order valence-corrected chi connectivity index (χ0v) is 8.69. The number of benzene rings is 1. The minimum Gasteiger partial charge on any atom is -0.427 e. The first-order valence-electron chi connectivity index (χ1n) is 5.22. The lowest BCUT2D eigenvalue weighted by Crippen LogP contribution is -2.05. The van der Waals surface area contributed by atoms with E-state index in [1.807, 2.05) is 12.1 Å². The summed E-state index contributed by atoms with van der Waals surface area (Å²) in [5, 5.41) is 9.59. The molecule has 0 heterocycles. The SMILES string of the molecule is CCC(=O)Oc1ccc2c(c1)CCC2O. The number of ether oxygens (including phenoxy) is 1. The van der Waals surface area contributed by atoms with E-state index in [0.717, 1.165) is 24.0 Å². The van der Waals surface area contributed by atoms with E-state index in [1.54, 1.807) is 13.0 Å². The summed E-state index contributed by atoms with van der Waals surface area (Å²) in [6.07, 6.45) is 1.64. The number of hydrogen-bond donors (Lipinski definition) is 1. The summed E-state index contributed by atoms with van der Waals surface area (Å²) in [4.78, 5) is 11.1. The number of aliphatic hydroxyl groups excluding tert-OH is 1. The fourth-order valence-electron chi connectivity index (χ4n) is 1.84. The second-order valence-electron chi connectivity index (χ2n) is 3.74. The molecule has 1 atom stereocenters. The van der Waals surface area contributed by atoms with Gasteiger partial charge < -0.3 is 9.84 Å². The highest BCUT2D eigenvalue weighted by atomic mass is 16.5. The van der Waals surface area contributed by atoms with Crippen molar-refractivity contribution in [2.75, 3.05) is 0 Å². The van der Waals surface area contributed by atoms with Crippen LogP contribution in [-0.4, -0.2) is 11.1 Å². The maximum atomic E-state index is 11.1. The maximum Gasteiger partial charge on any atom is 0.310 e. The largest absolute Gasteiger partial charge is 0.427 e. The Morgan fingerprint density at radius 2 is 2.40 bits per heavy atom. The highest BCUT2D eigenvalue weighted by Gasteiger charge is 2.20. The Morgan fingerprint density at radius 3 is 3.13 bits per heavy atom. The number of esters is 1. The molecular formula is C12H14O3. The average Bonchev–Trinajstić information content (AvgIpc) is 2.60. The van der Waals surface area contributed by atoms with Crippen molar-refractivity contribution in [3.8, 4) is 5.75 Å². The number of fused-ring (bicyclic) bond motifs is 1. The summed E-state index contributed by atoms with van der Waals surface area (Å²) in [5.41, 5.74) is 2.05. The molecule has 2 rings (SSSR count). The van der Waals surface area contributed by atoms with Crippen LogP contribution in [0.25, 0.3) is 0 Å². The summed E-state index contributed by atoms with van der Waals surface area (Å²) in [7, 11) is 0. The second kappa shape index (κ2) is 4.03. The van der Waals surface area contributed by atoms with E-state index in [1.165, 1.54) is 0 Å². The lowest BCUT2D eigenvalue weighted by atomic mass is 10.1. The summed E-state index contributed by atoms with van der Waals surface area (Å²) in [5.74, 6) is 0.350. The van der Waals surface area contributed by atoms with E-state index < -0.39 is 0 Å². The topological polar surface area (TPSA) is 46.5 Å². The van der Waals surface area contributed by atoms with Crippen LogP contribution in [0.4, 0.5) is 0 Å². The van der Waals surface area contributed by atoms with Gasteiger partial charge in [0.25, 0.3) is 0 Å². The van der Waals surface area contributed by atoms with Crippen molar-refractivity contribution in [3.63, 3.8) is 0 Å². The summed E-state index contributed by atoms with van der Waals surface area (Å²) >= 11 is 0. The molecule has 0 aromatic heterocycles. The predicted octanol–water partition coefficient (Wildman–Crippen LogP) is 1.98. The third-order valence-electron chi connectivity index (χ3n) is 2.68. The first kappa shape index (κ1) is 10.2. The molecule has 1 N–H and O–H groups in total. The highest BCUT2D eigenvalue weighted by Crippen LogP contribution is 2.33. The molecule has 0 fully saturated rings. The number of carbonyl (C=O) groups is 1. The molecule has 0 amide bonds. The Hall–Kier alpha value is -1.35. The van der Waals surface area contributed by atoms with Crippen molar-refractivity contribution >= 4 is 5.97 Å². The van der Waals surface area contributed by atoms with Crippen LogP contribution in [0.15, 0.2) is 18.2 Å². The number of hydrogen-bond acceptors (Lipinski definition) is 3. The molecule has 1 unspecified atom stereocenters. The van der Waals surface area contributed by atoms with Crippen LogP contribution in [0, 0.1) is 0 Å². The van der Waals surface area contributed by atoms with Crippen LogP contribution in [-0.2, 0) is 11.2 Å². The third kappa shape index (κ3) is 2.02.